The molecule has 0 aromatic heterocycles. The minimum Gasteiger partial charge on any atom is -0.227 e. The topological polar surface area (TPSA) is 57.9 Å². The third kappa shape index (κ3) is 1.93. The average Bonchev–Trinajstić information content (AvgIpc) is 2.10. The lowest BCUT2D eigenvalue weighted by Gasteiger charge is -2.03. The van der Waals surface area contributed by atoms with E-state index in [1.807, 2.05) is 6.07 Å². The summed E-state index contributed by atoms with van der Waals surface area (Å²) in [6, 6.07) is 1.85. The average molecular weight is 173 g/mol. The molecule has 1 saturated heterocycles. The van der Waals surface area contributed by atoms with Crippen LogP contribution in [0.15, 0.2) is 0 Å². The third-order valence-electron chi connectivity index (χ3n) is 1.97. The van der Waals surface area contributed by atoms with Gasteiger partial charge in [-0.25, -0.2) is 8.42 Å². The molecule has 0 bridgehead atoms. The van der Waals surface area contributed by atoms with Crippen molar-refractivity contribution in [3.05, 3.63) is 0 Å². The van der Waals surface area contributed by atoms with Crippen molar-refractivity contribution in [2.75, 3.05) is 5.75 Å². The van der Waals surface area contributed by atoms with E-state index in [1.54, 1.807) is 0 Å². The Morgan fingerprint density at radius 1 is 1.27 bits per heavy atom. The van der Waals surface area contributed by atoms with E-state index in [0.29, 0.717) is 6.42 Å². The summed E-state index contributed by atoms with van der Waals surface area (Å²) in [5.41, 5.74) is 0. The zero-order valence-corrected chi connectivity index (χ0v) is 7.10. The first kappa shape index (κ1) is 8.54. The van der Waals surface area contributed by atoms with Gasteiger partial charge in [-0.05, 0) is 12.8 Å². The van der Waals surface area contributed by atoms with Crippen LogP contribution in [0.4, 0.5) is 0 Å². The summed E-state index contributed by atoms with van der Waals surface area (Å²) in [6.07, 6.45) is 3.06. The molecule has 0 N–H and O–H groups in total. The van der Waals surface area contributed by atoms with Gasteiger partial charge in [0.05, 0.1) is 11.8 Å². The van der Waals surface area contributed by atoms with Crippen molar-refractivity contribution in [2.24, 2.45) is 0 Å². The molecule has 0 spiro atoms. The second-order valence-electron chi connectivity index (χ2n) is 2.83. The fraction of sp³-hybridized carbons (Fsp3) is 0.857. The van der Waals surface area contributed by atoms with E-state index in [9.17, 15) is 8.42 Å². The summed E-state index contributed by atoms with van der Waals surface area (Å²) in [6.45, 7) is 0. The molecule has 1 unspecified atom stereocenters. The lowest BCUT2D eigenvalue weighted by atomic mass is 10.2. The normalized spacial score (nSPS) is 30.3. The van der Waals surface area contributed by atoms with Crippen molar-refractivity contribution in [3.63, 3.8) is 0 Å². The van der Waals surface area contributed by atoms with Gasteiger partial charge in [-0.15, -0.1) is 0 Å². The molecular weight excluding hydrogens is 162 g/mol. The van der Waals surface area contributed by atoms with Gasteiger partial charge < -0.3 is 0 Å². The molecule has 0 aliphatic carbocycles. The summed E-state index contributed by atoms with van der Waals surface area (Å²) < 4.78 is 22.4. The summed E-state index contributed by atoms with van der Waals surface area (Å²) in [5, 5.41) is 7.79. The zero-order valence-electron chi connectivity index (χ0n) is 6.28. The van der Waals surface area contributed by atoms with E-state index in [-0.39, 0.29) is 5.75 Å². The first-order valence-electron chi connectivity index (χ1n) is 3.78. The molecule has 0 saturated carbocycles. The monoisotopic (exact) mass is 173 g/mol. The van der Waals surface area contributed by atoms with Crippen molar-refractivity contribution in [1.82, 2.24) is 0 Å². The van der Waals surface area contributed by atoms with Gasteiger partial charge in [0.2, 0.25) is 0 Å². The van der Waals surface area contributed by atoms with Crippen molar-refractivity contribution in [3.8, 4) is 6.07 Å². The molecule has 1 fully saturated rings. The Labute approximate surface area is 66.9 Å². The van der Waals surface area contributed by atoms with Crippen molar-refractivity contribution in [1.29, 1.82) is 5.26 Å². The van der Waals surface area contributed by atoms with Crippen LogP contribution in [0.25, 0.3) is 0 Å². The fourth-order valence-corrected chi connectivity index (χ4v) is 2.85. The Bertz CT molecular complexity index is 263. The van der Waals surface area contributed by atoms with Crippen LogP contribution in [0.5, 0.6) is 0 Å². The molecule has 1 rings (SSSR count). The minimum absolute atomic E-state index is 0.200. The van der Waals surface area contributed by atoms with Crippen LogP contribution in [0.1, 0.15) is 25.7 Å². The van der Waals surface area contributed by atoms with Gasteiger partial charge in [0.25, 0.3) is 0 Å². The van der Waals surface area contributed by atoms with E-state index >= 15 is 0 Å². The van der Waals surface area contributed by atoms with Gasteiger partial charge in [-0.2, -0.15) is 5.26 Å². The Morgan fingerprint density at radius 3 is 2.64 bits per heavy atom. The first-order chi connectivity index (χ1) is 5.17. The molecule has 3 nitrogen and oxygen atoms in total. The van der Waals surface area contributed by atoms with E-state index in [0.717, 1.165) is 19.3 Å². The SMILES string of the molecule is N#CC1CCCCCS1(=O)=O. The van der Waals surface area contributed by atoms with Crippen molar-refractivity contribution < 1.29 is 8.42 Å². The van der Waals surface area contributed by atoms with E-state index in [1.165, 1.54) is 0 Å². The predicted octanol–water partition coefficient (Wildman–Crippen LogP) is 0.867. The quantitative estimate of drug-likeness (QED) is 0.546. The van der Waals surface area contributed by atoms with Gasteiger partial charge in [0.15, 0.2) is 9.84 Å². The summed E-state index contributed by atoms with van der Waals surface area (Å²) in [5.74, 6) is 0.200. The van der Waals surface area contributed by atoms with Crippen LogP contribution in [0, 0.1) is 11.3 Å². The number of nitriles is 1. The molecular formula is C7H11NO2S. The maximum Gasteiger partial charge on any atom is 0.166 e. The smallest absolute Gasteiger partial charge is 0.166 e. The summed E-state index contributed by atoms with van der Waals surface area (Å²) >= 11 is 0. The van der Waals surface area contributed by atoms with E-state index < -0.39 is 15.1 Å². The molecule has 0 radical (unpaired) electrons. The number of hydrogen-bond acceptors (Lipinski definition) is 3. The minimum atomic E-state index is -3.07. The van der Waals surface area contributed by atoms with Crippen LogP contribution in [0.2, 0.25) is 0 Å². The molecule has 62 valence electrons. The largest absolute Gasteiger partial charge is 0.227 e. The van der Waals surface area contributed by atoms with Gasteiger partial charge in [0.1, 0.15) is 5.25 Å². The molecule has 4 heteroatoms. The lowest BCUT2D eigenvalue weighted by molar-refractivity contribution is 0.588. The Morgan fingerprint density at radius 2 is 2.00 bits per heavy atom. The second kappa shape index (κ2) is 3.22. The highest BCUT2D eigenvalue weighted by molar-refractivity contribution is 7.92. The number of nitrogens with zero attached hydrogens (tertiary/aromatic N) is 1. The predicted molar refractivity (Wildman–Crippen MR) is 41.7 cm³/mol. The summed E-state index contributed by atoms with van der Waals surface area (Å²) in [4.78, 5) is 0. The molecule has 11 heavy (non-hydrogen) atoms. The molecule has 0 aromatic rings. The van der Waals surface area contributed by atoms with Crippen LogP contribution in [-0.2, 0) is 9.84 Å². The molecule has 1 heterocycles. The Kier molecular flexibility index (Phi) is 2.50. The maximum absolute atomic E-state index is 11.2. The van der Waals surface area contributed by atoms with Crippen molar-refractivity contribution in [2.45, 2.75) is 30.9 Å². The van der Waals surface area contributed by atoms with Gasteiger partial charge in [-0.3, -0.25) is 0 Å². The molecule has 1 aliphatic heterocycles. The second-order valence-corrected chi connectivity index (χ2v) is 5.14. The highest BCUT2D eigenvalue weighted by Gasteiger charge is 2.26. The number of sulfone groups is 1. The van der Waals surface area contributed by atoms with Crippen molar-refractivity contribution >= 4 is 9.84 Å². The van der Waals surface area contributed by atoms with Gasteiger partial charge in [0, 0.05) is 0 Å². The highest BCUT2D eigenvalue weighted by atomic mass is 32.2. The first-order valence-corrected chi connectivity index (χ1v) is 5.49. The van der Waals surface area contributed by atoms with Crippen LogP contribution >= 0.6 is 0 Å². The standard InChI is InChI=1S/C7H11NO2S/c8-6-7-4-2-1-3-5-11(7,9)10/h7H,1-5H2. The van der Waals surface area contributed by atoms with Crippen LogP contribution < -0.4 is 0 Å². The third-order valence-corrected chi connectivity index (χ3v) is 4.04. The van der Waals surface area contributed by atoms with Crippen LogP contribution in [-0.4, -0.2) is 19.4 Å². The van der Waals surface area contributed by atoms with Gasteiger partial charge >= 0.3 is 0 Å². The fourth-order valence-electron chi connectivity index (χ4n) is 1.28. The molecule has 1 atom stereocenters. The molecule has 0 amide bonds. The number of rotatable bonds is 0. The van der Waals surface area contributed by atoms with E-state index in [2.05, 4.69) is 0 Å². The lowest BCUT2D eigenvalue weighted by Crippen LogP contribution is -2.20. The van der Waals surface area contributed by atoms with Gasteiger partial charge in [-0.1, -0.05) is 12.8 Å². The molecule has 1 aliphatic rings. The number of hydrogen-bond donors (Lipinski definition) is 0. The molecule has 0 aromatic carbocycles. The van der Waals surface area contributed by atoms with E-state index in [4.69, 9.17) is 5.26 Å². The highest BCUT2D eigenvalue weighted by Crippen LogP contribution is 2.17. The zero-order chi connectivity index (χ0) is 8.32. The summed E-state index contributed by atoms with van der Waals surface area (Å²) in [7, 11) is -3.07. The maximum atomic E-state index is 11.2. The van der Waals surface area contributed by atoms with Crippen LogP contribution in [0.3, 0.4) is 0 Å². The Balaban J connectivity index is 2.83. The Hall–Kier alpha value is -0.560.